The lowest BCUT2D eigenvalue weighted by Crippen LogP contribution is -2.11. The molecule has 1 heterocycles. The molecule has 3 rings (SSSR count). The summed E-state index contributed by atoms with van der Waals surface area (Å²) < 4.78 is 6.33. The van der Waals surface area contributed by atoms with Crippen LogP contribution in [0.15, 0.2) is 63.7 Å². The fourth-order valence-electron chi connectivity index (χ4n) is 2.08. The first kappa shape index (κ1) is 11.5. The predicted molar refractivity (Wildman–Crippen MR) is 76.4 cm³/mol. The second kappa shape index (κ2) is 4.59. The van der Waals surface area contributed by atoms with E-state index < -0.39 is 0 Å². The number of hydrogen-bond acceptors (Lipinski definition) is 2. The molecule has 18 heavy (non-hydrogen) atoms. The summed E-state index contributed by atoms with van der Waals surface area (Å²) in [5.41, 5.74) is 7.27. The number of fused-ring (bicyclic) bond motifs is 1. The third kappa shape index (κ3) is 1.96. The van der Waals surface area contributed by atoms with Crippen molar-refractivity contribution in [3.05, 3.63) is 70.6 Å². The van der Waals surface area contributed by atoms with E-state index in [0.29, 0.717) is 0 Å². The van der Waals surface area contributed by atoms with Gasteiger partial charge in [0.1, 0.15) is 5.76 Å². The zero-order chi connectivity index (χ0) is 12.5. The summed E-state index contributed by atoms with van der Waals surface area (Å²) >= 11 is 3.44. The number of benzene rings is 2. The smallest absolute Gasteiger partial charge is 0.139 e. The summed E-state index contributed by atoms with van der Waals surface area (Å²) in [5.74, 6) is 0.755. The first-order valence-electron chi connectivity index (χ1n) is 5.73. The second-order valence-electron chi connectivity index (χ2n) is 4.22. The molecule has 0 amide bonds. The number of halogens is 1. The van der Waals surface area contributed by atoms with E-state index in [1.54, 1.807) is 6.26 Å². The van der Waals surface area contributed by atoms with Gasteiger partial charge < -0.3 is 10.2 Å². The van der Waals surface area contributed by atoms with Crippen LogP contribution in [0.4, 0.5) is 0 Å². The highest BCUT2D eigenvalue weighted by Crippen LogP contribution is 2.29. The van der Waals surface area contributed by atoms with Gasteiger partial charge in [0.2, 0.25) is 0 Å². The second-order valence-corrected chi connectivity index (χ2v) is 5.07. The average Bonchev–Trinajstić information content (AvgIpc) is 2.83. The maximum absolute atomic E-state index is 6.23. The minimum absolute atomic E-state index is 0.251. The lowest BCUT2D eigenvalue weighted by atomic mass is 10.0. The number of nitrogens with two attached hydrogens (primary N) is 1. The van der Waals surface area contributed by atoms with Crippen LogP contribution in [-0.2, 0) is 0 Å². The van der Waals surface area contributed by atoms with Crippen molar-refractivity contribution in [2.24, 2.45) is 5.73 Å². The van der Waals surface area contributed by atoms with Crippen molar-refractivity contribution in [2.75, 3.05) is 0 Å². The maximum Gasteiger partial charge on any atom is 0.139 e. The average molecular weight is 302 g/mol. The van der Waals surface area contributed by atoms with Crippen molar-refractivity contribution >= 4 is 26.7 Å². The quantitative estimate of drug-likeness (QED) is 0.769. The zero-order valence-corrected chi connectivity index (χ0v) is 11.2. The van der Waals surface area contributed by atoms with Crippen LogP contribution in [0.5, 0.6) is 0 Å². The standard InChI is InChI=1S/C15H12BrNO/c16-13-7-8-18-15(13)14(17)12-6-5-10-3-1-2-4-11(10)9-12/h1-9,14H,17H2. The largest absolute Gasteiger partial charge is 0.466 e. The first-order valence-corrected chi connectivity index (χ1v) is 6.52. The molecule has 0 radical (unpaired) electrons. The molecule has 0 saturated carbocycles. The minimum Gasteiger partial charge on any atom is -0.466 e. The fraction of sp³-hybridized carbons (Fsp3) is 0.0667. The number of rotatable bonds is 2. The van der Waals surface area contributed by atoms with Crippen molar-refractivity contribution < 1.29 is 4.42 Å². The molecule has 2 nitrogen and oxygen atoms in total. The fourth-order valence-corrected chi connectivity index (χ4v) is 2.53. The van der Waals surface area contributed by atoms with Crippen LogP contribution in [-0.4, -0.2) is 0 Å². The Labute approximate surface area is 114 Å². The SMILES string of the molecule is NC(c1ccc2ccccc2c1)c1occc1Br. The Kier molecular flexibility index (Phi) is 2.94. The van der Waals surface area contributed by atoms with Gasteiger partial charge in [0, 0.05) is 0 Å². The minimum atomic E-state index is -0.251. The van der Waals surface area contributed by atoms with Crippen LogP contribution in [0.1, 0.15) is 17.4 Å². The van der Waals surface area contributed by atoms with Crippen LogP contribution in [0.2, 0.25) is 0 Å². The molecule has 2 aromatic carbocycles. The molecule has 3 aromatic rings. The topological polar surface area (TPSA) is 39.2 Å². The molecular formula is C15H12BrNO. The van der Waals surface area contributed by atoms with Gasteiger partial charge >= 0.3 is 0 Å². The normalized spacial score (nSPS) is 12.8. The summed E-state index contributed by atoms with van der Waals surface area (Å²) in [6, 6.07) is 16.1. The third-order valence-electron chi connectivity index (χ3n) is 3.06. The monoisotopic (exact) mass is 301 g/mol. The molecule has 0 saturated heterocycles. The molecule has 2 N–H and O–H groups in total. The van der Waals surface area contributed by atoms with E-state index in [1.165, 1.54) is 10.8 Å². The molecule has 3 heteroatoms. The predicted octanol–water partition coefficient (Wildman–Crippen LogP) is 4.24. The lowest BCUT2D eigenvalue weighted by molar-refractivity contribution is 0.487. The van der Waals surface area contributed by atoms with E-state index >= 15 is 0 Å². The van der Waals surface area contributed by atoms with Gasteiger partial charge in [0.05, 0.1) is 16.8 Å². The van der Waals surface area contributed by atoms with Gasteiger partial charge in [0.15, 0.2) is 0 Å². The van der Waals surface area contributed by atoms with Crippen LogP contribution in [0.3, 0.4) is 0 Å². The zero-order valence-electron chi connectivity index (χ0n) is 9.64. The van der Waals surface area contributed by atoms with Crippen molar-refractivity contribution in [3.63, 3.8) is 0 Å². The van der Waals surface area contributed by atoms with Crippen molar-refractivity contribution in [1.29, 1.82) is 0 Å². The number of furan rings is 1. The maximum atomic E-state index is 6.23. The van der Waals surface area contributed by atoms with Gasteiger partial charge in [-0.25, -0.2) is 0 Å². The van der Waals surface area contributed by atoms with Crippen LogP contribution >= 0.6 is 15.9 Å². The van der Waals surface area contributed by atoms with Crippen molar-refractivity contribution in [2.45, 2.75) is 6.04 Å². The number of hydrogen-bond donors (Lipinski definition) is 1. The highest BCUT2D eigenvalue weighted by molar-refractivity contribution is 9.10. The van der Waals surface area contributed by atoms with E-state index in [4.69, 9.17) is 10.2 Å². The van der Waals surface area contributed by atoms with Crippen LogP contribution in [0, 0.1) is 0 Å². The Morgan fingerprint density at radius 3 is 2.50 bits per heavy atom. The summed E-state index contributed by atoms with van der Waals surface area (Å²) in [6.07, 6.45) is 1.64. The van der Waals surface area contributed by atoms with E-state index in [1.807, 2.05) is 24.3 Å². The molecule has 0 bridgehead atoms. The molecule has 90 valence electrons. The van der Waals surface area contributed by atoms with Gasteiger partial charge in [-0.05, 0) is 44.4 Å². The van der Waals surface area contributed by atoms with Crippen LogP contribution in [0.25, 0.3) is 10.8 Å². The van der Waals surface area contributed by atoms with E-state index in [2.05, 4.69) is 40.2 Å². The summed E-state index contributed by atoms with van der Waals surface area (Å²) in [7, 11) is 0. The van der Waals surface area contributed by atoms with Gasteiger partial charge in [-0.3, -0.25) is 0 Å². The van der Waals surface area contributed by atoms with Gasteiger partial charge in [-0.2, -0.15) is 0 Å². The van der Waals surface area contributed by atoms with Crippen molar-refractivity contribution in [3.8, 4) is 0 Å². The van der Waals surface area contributed by atoms with Gasteiger partial charge in [-0.15, -0.1) is 0 Å². The van der Waals surface area contributed by atoms with Crippen LogP contribution < -0.4 is 5.73 Å². The Bertz CT molecular complexity index is 690. The Morgan fingerprint density at radius 1 is 1.00 bits per heavy atom. The van der Waals surface area contributed by atoms with E-state index in [0.717, 1.165) is 15.8 Å². The van der Waals surface area contributed by atoms with Gasteiger partial charge in [0.25, 0.3) is 0 Å². The highest BCUT2D eigenvalue weighted by Gasteiger charge is 2.15. The summed E-state index contributed by atoms with van der Waals surface area (Å²) in [6.45, 7) is 0. The molecular weight excluding hydrogens is 290 g/mol. The third-order valence-corrected chi connectivity index (χ3v) is 3.71. The Morgan fingerprint density at radius 2 is 1.78 bits per heavy atom. The van der Waals surface area contributed by atoms with E-state index in [9.17, 15) is 0 Å². The molecule has 0 fully saturated rings. The highest BCUT2D eigenvalue weighted by atomic mass is 79.9. The van der Waals surface area contributed by atoms with Crippen molar-refractivity contribution in [1.82, 2.24) is 0 Å². The van der Waals surface area contributed by atoms with Gasteiger partial charge in [-0.1, -0.05) is 36.4 Å². The molecule has 0 aliphatic heterocycles. The molecule has 1 aromatic heterocycles. The molecule has 1 atom stereocenters. The molecule has 0 spiro atoms. The molecule has 0 aliphatic rings. The Balaban J connectivity index is 2.07. The lowest BCUT2D eigenvalue weighted by Gasteiger charge is -2.11. The first-order chi connectivity index (χ1) is 8.75. The summed E-state index contributed by atoms with van der Waals surface area (Å²) in [4.78, 5) is 0. The molecule has 0 aliphatic carbocycles. The Hall–Kier alpha value is -1.58. The van der Waals surface area contributed by atoms with E-state index in [-0.39, 0.29) is 6.04 Å². The molecule has 1 unspecified atom stereocenters. The summed E-state index contributed by atoms with van der Waals surface area (Å²) in [5, 5.41) is 2.40.